The minimum atomic E-state index is -1.35. The zero-order valence-electron chi connectivity index (χ0n) is 20.5. The Morgan fingerprint density at radius 2 is 1.63 bits per heavy atom. The summed E-state index contributed by atoms with van der Waals surface area (Å²) in [4.78, 5) is 23.8. The summed E-state index contributed by atoms with van der Waals surface area (Å²) >= 11 is 12.4. The van der Waals surface area contributed by atoms with Crippen LogP contribution in [0.5, 0.6) is 17.2 Å². The van der Waals surface area contributed by atoms with E-state index in [-0.39, 0.29) is 11.9 Å². The molecule has 3 aromatic rings. The predicted octanol–water partition coefficient (Wildman–Crippen LogP) is 7.76. The molecular formula is C29H27Cl2NO6. The van der Waals surface area contributed by atoms with Gasteiger partial charge in [0.1, 0.15) is 23.4 Å². The van der Waals surface area contributed by atoms with Crippen LogP contribution in [0.1, 0.15) is 65.6 Å². The lowest BCUT2D eigenvalue weighted by atomic mass is 9.81. The second kappa shape index (κ2) is 11.5. The quantitative estimate of drug-likeness (QED) is 0.302. The number of amides is 1. The zero-order chi connectivity index (χ0) is 26.6. The molecule has 2 N–H and O–H groups in total. The van der Waals surface area contributed by atoms with Gasteiger partial charge < -0.3 is 24.6 Å². The van der Waals surface area contributed by atoms with E-state index in [1.165, 1.54) is 5.56 Å². The van der Waals surface area contributed by atoms with E-state index in [0.717, 1.165) is 30.7 Å². The summed E-state index contributed by atoms with van der Waals surface area (Å²) < 4.78 is 16.5. The molecule has 0 saturated heterocycles. The maximum absolute atomic E-state index is 12.8. The first kappa shape index (κ1) is 26.2. The normalized spacial score (nSPS) is 20.5. The number of carbonyl (C=O) groups is 2. The molecule has 1 heterocycles. The van der Waals surface area contributed by atoms with Crippen LogP contribution in [0, 0.1) is 0 Å². The van der Waals surface area contributed by atoms with Gasteiger partial charge in [0.25, 0.3) is 5.91 Å². The molecule has 1 unspecified atom stereocenters. The number of fused-ring (bicyclic) bond motifs is 1. The summed E-state index contributed by atoms with van der Waals surface area (Å²) in [5, 5.41) is 13.2. The predicted molar refractivity (Wildman–Crippen MR) is 144 cm³/mol. The summed E-state index contributed by atoms with van der Waals surface area (Å²) in [6, 6.07) is 18.2. The average Bonchev–Trinajstić information content (AvgIpc) is 2.91. The van der Waals surface area contributed by atoms with Gasteiger partial charge in [-0.25, -0.2) is 4.79 Å². The SMILES string of the molecule is O=C(O)OC1CCOc2cc(Oc3ccc(C(=O)NC4CCC(c5ccc(Cl)cc5)CC4)cc3)c(Cl)cc21. The first-order valence-corrected chi connectivity index (χ1v) is 13.3. The molecule has 0 spiro atoms. The fourth-order valence-corrected chi connectivity index (χ4v) is 5.39. The van der Waals surface area contributed by atoms with Crippen molar-refractivity contribution in [3.63, 3.8) is 0 Å². The number of halogens is 2. The molecule has 38 heavy (non-hydrogen) atoms. The third-order valence-corrected chi connectivity index (χ3v) is 7.59. The van der Waals surface area contributed by atoms with Crippen molar-refractivity contribution < 1.29 is 28.9 Å². The van der Waals surface area contributed by atoms with E-state index < -0.39 is 12.3 Å². The number of hydrogen-bond donors (Lipinski definition) is 2. The molecule has 1 aliphatic heterocycles. The van der Waals surface area contributed by atoms with Crippen molar-refractivity contribution in [1.29, 1.82) is 0 Å². The fourth-order valence-electron chi connectivity index (χ4n) is 5.06. The number of rotatable bonds is 6. The van der Waals surface area contributed by atoms with Crippen molar-refractivity contribution >= 4 is 35.3 Å². The fraction of sp³-hybridized carbons (Fsp3) is 0.310. The lowest BCUT2D eigenvalue weighted by molar-refractivity contribution is 0.0326. The van der Waals surface area contributed by atoms with Crippen molar-refractivity contribution in [2.24, 2.45) is 0 Å². The van der Waals surface area contributed by atoms with Crippen LogP contribution in [0.3, 0.4) is 0 Å². The standard InChI is InChI=1S/C29H27Cl2NO6/c30-20-7-1-17(2-8-20)18-3-9-21(10-4-18)32-28(33)19-5-11-22(12-6-19)37-27-16-26-23(15-24(27)31)25(13-14-36-26)38-29(34)35/h1-2,5-8,11-12,15-16,18,21,25H,3-4,9-10,13-14H2,(H,32,33)(H,34,35). The molecule has 2 aliphatic rings. The van der Waals surface area contributed by atoms with Crippen molar-refractivity contribution in [2.75, 3.05) is 6.61 Å². The summed E-state index contributed by atoms with van der Waals surface area (Å²) in [5.74, 6) is 1.70. The van der Waals surface area contributed by atoms with Crippen molar-refractivity contribution in [3.8, 4) is 17.2 Å². The van der Waals surface area contributed by atoms with Gasteiger partial charge in [-0.15, -0.1) is 0 Å². The van der Waals surface area contributed by atoms with E-state index in [4.69, 9.17) is 42.5 Å². The van der Waals surface area contributed by atoms with Gasteiger partial charge in [-0.2, -0.15) is 0 Å². The molecule has 1 atom stereocenters. The molecule has 198 valence electrons. The van der Waals surface area contributed by atoms with Gasteiger partial charge in [0, 0.05) is 34.7 Å². The van der Waals surface area contributed by atoms with E-state index in [1.807, 2.05) is 12.1 Å². The van der Waals surface area contributed by atoms with Gasteiger partial charge in [0.15, 0.2) is 0 Å². The smallest absolute Gasteiger partial charge is 0.493 e. The molecule has 5 rings (SSSR count). The first-order valence-electron chi connectivity index (χ1n) is 12.6. The Morgan fingerprint density at radius 3 is 2.32 bits per heavy atom. The number of ether oxygens (including phenoxy) is 3. The molecule has 1 saturated carbocycles. The van der Waals surface area contributed by atoms with Crippen LogP contribution in [-0.4, -0.2) is 29.8 Å². The van der Waals surface area contributed by atoms with Gasteiger partial charge >= 0.3 is 6.16 Å². The summed E-state index contributed by atoms with van der Waals surface area (Å²) in [6.07, 6.45) is 2.31. The third-order valence-electron chi connectivity index (χ3n) is 7.04. The van der Waals surface area contributed by atoms with Gasteiger partial charge in [-0.05, 0) is 79.6 Å². The number of benzene rings is 3. The zero-order valence-corrected chi connectivity index (χ0v) is 22.0. The van der Waals surface area contributed by atoms with Crippen LogP contribution in [0.25, 0.3) is 0 Å². The molecular weight excluding hydrogens is 529 g/mol. The largest absolute Gasteiger partial charge is 0.506 e. The summed E-state index contributed by atoms with van der Waals surface area (Å²) in [6.45, 7) is 0.318. The molecule has 7 nitrogen and oxygen atoms in total. The Balaban J connectivity index is 1.17. The maximum Gasteiger partial charge on any atom is 0.506 e. The molecule has 0 aromatic heterocycles. The Labute approximate surface area is 230 Å². The molecule has 0 bridgehead atoms. The first-order chi connectivity index (χ1) is 18.4. The van der Waals surface area contributed by atoms with Crippen LogP contribution in [0.15, 0.2) is 60.7 Å². The van der Waals surface area contributed by atoms with Crippen LogP contribution in [-0.2, 0) is 4.74 Å². The minimum absolute atomic E-state index is 0.115. The molecule has 1 fully saturated rings. The Morgan fingerprint density at radius 1 is 0.921 bits per heavy atom. The number of nitrogens with one attached hydrogen (secondary N) is 1. The maximum atomic E-state index is 12.8. The van der Waals surface area contributed by atoms with Crippen LogP contribution in [0.2, 0.25) is 10.0 Å². The minimum Gasteiger partial charge on any atom is -0.493 e. The monoisotopic (exact) mass is 555 g/mol. The lowest BCUT2D eigenvalue weighted by Gasteiger charge is -2.29. The second-order valence-electron chi connectivity index (χ2n) is 9.53. The topological polar surface area (TPSA) is 94.1 Å². The van der Waals surface area contributed by atoms with Crippen molar-refractivity contribution in [2.45, 2.75) is 50.2 Å². The van der Waals surface area contributed by atoms with Crippen molar-refractivity contribution in [3.05, 3.63) is 87.4 Å². The summed E-state index contributed by atoms with van der Waals surface area (Å²) in [5.41, 5.74) is 2.41. The lowest BCUT2D eigenvalue weighted by Crippen LogP contribution is -2.37. The van der Waals surface area contributed by atoms with Gasteiger partial charge in [-0.3, -0.25) is 4.79 Å². The highest BCUT2D eigenvalue weighted by Gasteiger charge is 2.27. The van der Waals surface area contributed by atoms with Crippen molar-refractivity contribution in [1.82, 2.24) is 5.32 Å². The Kier molecular flexibility index (Phi) is 7.95. The molecule has 9 heteroatoms. The highest BCUT2D eigenvalue weighted by Crippen LogP contribution is 2.42. The average molecular weight is 556 g/mol. The van der Waals surface area contributed by atoms with E-state index in [2.05, 4.69) is 17.4 Å². The number of carboxylic acid groups (broad SMARTS) is 1. The van der Waals surface area contributed by atoms with Gasteiger partial charge in [0.2, 0.25) is 0 Å². The highest BCUT2D eigenvalue weighted by molar-refractivity contribution is 6.32. The third kappa shape index (κ3) is 6.17. The van der Waals surface area contributed by atoms with Crippen LogP contribution in [0.4, 0.5) is 4.79 Å². The van der Waals surface area contributed by atoms with Gasteiger partial charge in [0.05, 0.1) is 11.6 Å². The molecule has 1 amide bonds. The van der Waals surface area contributed by atoms with Crippen LogP contribution < -0.4 is 14.8 Å². The Hall–Kier alpha value is -3.42. The number of carbonyl (C=O) groups excluding carboxylic acids is 1. The summed E-state index contributed by atoms with van der Waals surface area (Å²) in [7, 11) is 0. The molecule has 0 radical (unpaired) electrons. The van der Waals surface area contributed by atoms with E-state index >= 15 is 0 Å². The van der Waals surface area contributed by atoms with E-state index in [0.29, 0.717) is 52.3 Å². The van der Waals surface area contributed by atoms with E-state index in [9.17, 15) is 9.59 Å². The van der Waals surface area contributed by atoms with Crippen LogP contribution >= 0.6 is 23.2 Å². The van der Waals surface area contributed by atoms with Gasteiger partial charge in [-0.1, -0.05) is 35.3 Å². The van der Waals surface area contributed by atoms with E-state index in [1.54, 1.807) is 36.4 Å². The second-order valence-corrected chi connectivity index (χ2v) is 10.4. The molecule has 1 aliphatic carbocycles. The highest BCUT2D eigenvalue weighted by atomic mass is 35.5. The number of hydrogen-bond acceptors (Lipinski definition) is 5. The molecule has 3 aromatic carbocycles. The Bertz CT molecular complexity index is 1300.